The molecule has 63 heavy (non-hydrogen) atoms. The Hall–Kier alpha value is -5.62. The Labute approximate surface area is 373 Å². The molecule has 0 radical (unpaired) electrons. The predicted molar refractivity (Wildman–Crippen MR) is 244 cm³/mol. The van der Waals surface area contributed by atoms with Gasteiger partial charge in [-0.2, -0.15) is 11.8 Å². The first-order chi connectivity index (χ1) is 30.2. The van der Waals surface area contributed by atoms with E-state index >= 15 is 0 Å². The van der Waals surface area contributed by atoms with Gasteiger partial charge in [0.15, 0.2) is 0 Å². The number of carbonyl (C=O) groups excluding carboxylic acids is 6. The van der Waals surface area contributed by atoms with E-state index < -0.39 is 84.6 Å². The summed E-state index contributed by atoms with van der Waals surface area (Å²) in [5, 5.41) is 33.4. The largest absolute Gasteiger partial charge is 0.508 e. The molecule has 0 fully saturated rings. The molecular weight excluding hydrogens is 829 g/mol. The highest BCUT2D eigenvalue weighted by Gasteiger charge is 2.33. The molecule has 18 heteroatoms. The highest BCUT2D eigenvalue weighted by Crippen LogP contribution is 2.20. The van der Waals surface area contributed by atoms with Gasteiger partial charge in [0.25, 0.3) is 0 Å². The van der Waals surface area contributed by atoms with E-state index in [0.29, 0.717) is 49.2 Å². The molecular formula is C45H66N8O9S. The first kappa shape index (κ1) is 51.7. The highest BCUT2D eigenvalue weighted by atomic mass is 32.2. The quantitative estimate of drug-likeness (QED) is 0.0489. The number of amides is 6. The van der Waals surface area contributed by atoms with Gasteiger partial charge in [0, 0.05) is 36.6 Å². The number of carbonyl (C=O) groups is 7. The van der Waals surface area contributed by atoms with Gasteiger partial charge in [0.05, 0.1) is 19.0 Å². The average molecular weight is 895 g/mol. The summed E-state index contributed by atoms with van der Waals surface area (Å²) < 4.78 is 0. The number of hydrogen-bond acceptors (Lipinski definition) is 10. The van der Waals surface area contributed by atoms with E-state index in [0.717, 1.165) is 30.2 Å². The number of benzene rings is 2. The Morgan fingerprint density at radius 1 is 0.730 bits per heavy atom. The standard InChI is InChI=1S/C45H66N8O9S/c1-5-8-14-35(50-41(58)33(46)24-29-16-18-31(54)19-17-29)42(59)48-28-39(55)49-37(25-30-27-47-34-15-12-11-13-32(30)34)44(61)51-36(20-23-63-4)43(60)52-38(26-40(56)57)45(62)53(21-9-6-2)22-10-7-3/h11-13,15-19,27,33,35-38,47,54H,5-10,14,20-26,28,46H2,1-4H3,(H,48,59)(H,49,55)(H,50,58)(H,51,61)(H,52,60)(H,56,57)/t33-,35-,36-,37-,38-/m0/s1. The maximum absolute atomic E-state index is 14.2. The van der Waals surface area contributed by atoms with E-state index in [1.165, 1.54) is 23.9 Å². The number of phenols is 1. The van der Waals surface area contributed by atoms with E-state index in [9.17, 15) is 43.8 Å². The van der Waals surface area contributed by atoms with Crippen LogP contribution in [0.4, 0.5) is 0 Å². The number of aromatic nitrogens is 1. The molecule has 0 saturated carbocycles. The molecule has 1 aromatic heterocycles. The monoisotopic (exact) mass is 894 g/mol. The van der Waals surface area contributed by atoms with Crippen LogP contribution in [0.5, 0.6) is 5.75 Å². The summed E-state index contributed by atoms with van der Waals surface area (Å²) in [7, 11) is 0. The van der Waals surface area contributed by atoms with Crippen LogP contribution in [0, 0.1) is 0 Å². The maximum atomic E-state index is 14.2. The summed E-state index contributed by atoms with van der Waals surface area (Å²) in [6.07, 6.45) is 7.82. The number of rotatable bonds is 29. The van der Waals surface area contributed by atoms with Gasteiger partial charge in [-0.25, -0.2) is 0 Å². The smallest absolute Gasteiger partial charge is 0.305 e. The zero-order valence-corrected chi connectivity index (χ0v) is 37.7. The Bertz CT molecular complexity index is 1950. The number of nitrogens with zero attached hydrogens (tertiary/aromatic N) is 1. The van der Waals surface area contributed by atoms with Crippen molar-refractivity contribution in [2.75, 3.05) is 31.6 Å². The molecule has 346 valence electrons. The van der Waals surface area contributed by atoms with Gasteiger partial charge in [-0.05, 0) is 73.4 Å². The van der Waals surface area contributed by atoms with E-state index in [1.54, 1.807) is 23.2 Å². The van der Waals surface area contributed by atoms with Gasteiger partial charge >= 0.3 is 5.97 Å². The summed E-state index contributed by atoms with van der Waals surface area (Å²) in [4.78, 5) is 98.6. The minimum Gasteiger partial charge on any atom is -0.508 e. The minimum atomic E-state index is -1.37. The van der Waals surface area contributed by atoms with Crippen molar-refractivity contribution >= 4 is 64.1 Å². The molecule has 0 unspecified atom stereocenters. The lowest BCUT2D eigenvalue weighted by atomic mass is 10.0. The summed E-state index contributed by atoms with van der Waals surface area (Å²) >= 11 is 1.42. The van der Waals surface area contributed by atoms with Crippen molar-refractivity contribution in [2.24, 2.45) is 5.73 Å². The zero-order valence-electron chi connectivity index (χ0n) is 36.9. The lowest BCUT2D eigenvalue weighted by Gasteiger charge is -2.29. The van der Waals surface area contributed by atoms with E-state index in [2.05, 4.69) is 31.6 Å². The molecule has 0 bridgehead atoms. The first-order valence-electron chi connectivity index (χ1n) is 21.8. The Kier molecular flexibility index (Phi) is 22.5. The van der Waals surface area contributed by atoms with Crippen LogP contribution >= 0.6 is 11.8 Å². The minimum absolute atomic E-state index is 0.00948. The number of aromatic amines is 1. The fourth-order valence-corrected chi connectivity index (χ4v) is 7.35. The van der Waals surface area contributed by atoms with Gasteiger partial charge in [-0.15, -0.1) is 0 Å². The van der Waals surface area contributed by atoms with Gasteiger partial charge in [0.2, 0.25) is 35.4 Å². The fourth-order valence-electron chi connectivity index (χ4n) is 6.87. The number of nitrogens with two attached hydrogens (primary N) is 1. The van der Waals surface area contributed by atoms with Crippen molar-refractivity contribution in [1.29, 1.82) is 0 Å². The molecule has 1 heterocycles. The third kappa shape index (κ3) is 17.6. The topological polar surface area (TPSA) is 265 Å². The number of hydrogen-bond donors (Lipinski definition) is 9. The van der Waals surface area contributed by atoms with Crippen LogP contribution in [0.3, 0.4) is 0 Å². The number of para-hydroxylation sites is 1. The van der Waals surface area contributed by atoms with Crippen LogP contribution in [0.2, 0.25) is 0 Å². The SMILES string of the molecule is CCCC[C@H](NC(=O)[C@@H](N)Cc1ccc(O)cc1)C(=O)NCC(=O)N[C@@H](Cc1c[nH]c2ccccc12)C(=O)N[C@@H](CCSC)C(=O)N[C@@H](CC(=O)O)C(=O)N(CCCC)CCCC. The van der Waals surface area contributed by atoms with Crippen molar-refractivity contribution in [3.05, 3.63) is 65.9 Å². The Morgan fingerprint density at radius 2 is 1.33 bits per heavy atom. The number of carboxylic acids is 1. The van der Waals surface area contributed by atoms with Gasteiger partial charge < -0.3 is 52.4 Å². The van der Waals surface area contributed by atoms with Crippen molar-refractivity contribution in [1.82, 2.24) is 36.5 Å². The van der Waals surface area contributed by atoms with Gasteiger partial charge in [0.1, 0.15) is 29.9 Å². The third-order valence-corrected chi connectivity index (χ3v) is 11.1. The van der Waals surface area contributed by atoms with Crippen molar-refractivity contribution < 1.29 is 43.8 Å². The van der Waals surface area contributed by atoms with Crippen LogP contribution in [0.25, 0.3) is 10.9 Å². The third-order valence-electron chi connectivity index (χ3n) is 10.5. The second-order valence-electron chi connectivity index (χ2n) is 15.6. The van der Waals surface area contributed by atoms with E-state index in [1.807, 2.05) is 51.3 Å². The van der Waals surface area contributed by atoms with Crippen LogP contribution in [0.1, 0.15) is 89.7 Å². The summed E-state index contributed by atoms with van der Waals surface area (Å²) in [6, 6.07) is 7.85. The number of aromatic hydroxyl groups is 1. The van der Waals surface area contributed by atoms with Crippen molar-refractivity contribution in [3.63, 3.8) is 0 Å². The van der Waals surface area contributed by atoms with Crippen LogP contribution < -0.4 is 32.3 Å². The number of carboxylic acid groups (broad SMARTS) is 1. The van der Waals surface area contributed by atoms with Crippen LogP contribution in [-0.4, -0.2) is 123 Å². The van der Waals surface area contributed by atoms with Crippen molar-refractivity contribution in [3.8, 4) is 5.75 Å². The fraction of sp³-hybridized carbons (Fsp3) is 0.533. The number of thioether (sulfide) groups is 1. The molecule has 2 aromatic carbocycles. The zero-order chi connectivity index (χ0) is 46.3. The number of unbranched alkanes of at least 4 members (excludes halogenated alkanes) is 3. The molecule has 0 aliphatic heterocycles. The predicted octanol–water partition coefficient (Wildman–Crippen LogP) is 2.89. The molecule has 3 rings (SSSR count). The number of fused-ring (bicyclic) bond motifs is 1. The van der Waals surface area contributed by atoms with Gasteiger partial charge in [-0.3, -0.25) is 33.6 Å². The first-order valence-corrected chi connectivity index (χ1v) is 23.2. The second kappa shape index (κ2) is 27.4. The molecule has 10 N–H and O–H groups in total. The van der Waals surface area contributed by atoms with Crippen LogP contribution in [0.15, 0.2) is 54.7 Å². The van der Waals surface area contributed by atoms with Gasteiger partial charge in [-0.1, -0.05) is 76.8 Å². The lowest BCUT2D eigenvalue weighted by molar-refractivity contribution is -0.144. The number of nitrogens with one attached hydrogen (secondary N) is 6. The van der Waals surface area contributed by atoms with E-state index in [-0.39, 0.29) is 31.4 Å². The Morgan fingerprint density at radius 3 is 1.97 bits per heavy atom. The van der Waals surface area contributed by atoms with E-state index in [4.69, 9.17) is 5.73 Å². The molecule has 6 amide bonds. The van der Waals surface area contributed by atoms with Crippen molar-refractivity contribution in [2.45, 2.75) is 122 Å². The number of phenolic OH excluding ortho intramolecular Hbond substituents is 1. The summed E-state index contributed by atoms with van der Waals surface area (Å²) in [5.41, 5.74) is 8.37. The second-order valence-corrected chi connectivity index (χ2v) is 16.6. The van der Waals surface area contributed by atoms with Crippen LogP contribution in [-0.2, 0) is 46.4 Å². The highest BCUT2D eigenvalue weighted by molar-refractivity contribution is 7.98. The maximum Gasteiger partial charge on any atom is 0.305 e. The molecule has 3 aromatic rings. The summed E-state index contributed by atoms with van der Waals surface area (Å²) in [5.74, 6) is -4.65. The molecule has 0 aliphatic rings. The number of H-pyrrole nitrogens is 1. The normalized spacial score (nSPS) is 13.5. The summed E-state index contributed by atoms with van der Waals surface area (Å²) in [6.45, 7) is 6.17. The Balaban J connectivity index is 1.80. The number of aliphatic carboxylic acids is 1. The molecule has 0 saturated heterocycles. The molecule has 17 nitrogen and oxygen atoms in total. The molecule has 0 spiro atoms. The molecule has 5 atom stereocenters. The lowest BCUT2D eigenvalue weighted by Crippen LogP contribution is -2.58. The average Bonchev–Trinajstić information content (AvgIpc) is 3.67. The molecule has 0 aliphatic carbocycles.